The molecule has 38 heavy (non-hydrogen) atoms. The minimum Gasteiger partial charge on any atom is -0.493 e. The average molecular weight is 541 g/mol. The lowest BCUT2D eigenvalue weighted by Gasteiger charge is -2.28. The molecule has 0 radical (unpaired) electrons. The number of carbonyl (C=O) groups excluding carboxylic acids is 2. The van der Waals surface area contributed by atoms with Crippen LogP contribution in [0.25, 0.3) is 0 Å². The fraction of sp³-hybridized carbons (Fsp3) is 0.400. The molecular weight excluding hydrogens is 504 g/mol. The first kappa shape index (κ1) is 29.1. The molecule has 0 atom stereocenters. The van der Waals surface area contributed by atoms with Gasteiger partial charge in [-0.3, -0.25) is 9.59 Å². The molecule has 1 aromatic heterocycles. The predicted octanol–water partition coefficient (Wildman–Crippen LogP) is 6.02. The Hall–Kier alpha value is -3.45. The summed E-state index contributed by atoms with van der Waals surface area (Å²) in [5, 5.41) is 0.557. The van der Waals surface area contributed by atoms with Crippen LogP contribution in [-0.2, 0) is 17.8 Å². The van der Waals surface area contributed by atoms with Crippen molar-refractivity contribution in [2.24, 2.45) is 5.92 Å². The molecule has 0 spiro atoms. The lowest BCUT2D eigenvalue weighted by Crippen LogP contribution is -2.44. The summed E-state index contributed by atoms with van der Waals surface area (Å²) < 4.78 is 16.5. The molecule has 204 valence electrons. The van der Waals surface area contributed by atoms with Crippen LogP contribution in [0.15, 0.2) is 59.0 Å². The molecule has 3 aromatic rings. The molecule has 2 amide bonds. The van der Waals surface area contributed by atoms with Crippen molar-refractivity contribution in [3.63, 3.8) is 0 Å². The largest absolute Gasteiger partial charge is 0.493 e. The van der Waals surface area contributed by atoms with E-state index in [1.165, 1.54) is 0 Å². The Morgan fingerprint density at radius 1 is 0.921 bits per heavy atom. The lowest BCUT2D eigenvalue weighted by molar-refractivity contribution is -0.132. The summed E-state index contributed by atoms with van der Waals surface area (Å²) >= 11 is 6.02. The van der Waals surface area contributed by atoms with E-state index >= 15 is 0 Å². The van der Waals surface area contributed by atoms with Crippen molar-refractivity contribution in [3.8, 4) is 11.5 Å². The number of ether oxygens (including phenoxy) is 2. The molecule has 0 aliphatic rings. The van der Waals surface area contributed by atoms with E-state index in [1.807, 2.05) is 37.3 Å². The number of nitrogens with zero attached hydrogens (tertiary/aromatic N) is 2. The summed E-state index contributed by atoms with van der Waals surface area (Å²) in [4.78, 5) is 30.4. The first-order chi connectivity index (χ1) is 18.2. The van der Waals surface area contributed by atoms with Crippen molar-refractivity contribution in [2.45, 2.75) is 40.2 Å². The number of halogens is 1. The number of hydrogen-bond donors (Lipinski definition) is 0. The third-order valence-electron chi connectivity index (χ3n) is 6.29. The average Bonchev–Trinajstić information content (AvgIpc) is 3.32. The smallest absolute Gasteiger partial charge is 0.254 e. The van der Waals surface area contributed by atoms with Crippen LogP contribution in [0.1, 0.15) is 47.7 Å². The van der Waals surface area contributed by atoms with E-state index in [0.717, 1.165) is 17.7 Å². The van der Waals surface area contributed by atoms with Gasteiger partial charge < -0.3 is 23.7 Å². The third kappa shape index (κ3) is 8.28. The topological polar surface area (TPSA) is 72.2 Å². The van der Waals surface area contributed by atoms with E-state index < -0.39 is 0 Å². The molecule has 0 N–H and O–H groups in total. The molecule has 7 nitrogen and oxygen atoms in total. The monoisotopic (exact) mass is 540 g/mol. The predicted molar refractivity (Wildman–Crippen MR) is 149 cm³/mol. The number of hydrogen-bond acceptors (Lipinski definition) is 5. The van der Waals surface area contributed by atoms with Crippen molar-refractivity contribution in [3.05, 3.63) is 82.3 Å². The van der Waals surface area contributed by atoms with Gasteiger partial charge in [0.25, 0.3) is 5.91 Å². The van der Waals surface area contributed by atoms with E-state index in [-0.39, 0.29) is 18.4 Å². The van der Waals surface area contributed by atoms with Gasteiger partial charge in [-0.1, -0.05) is 31.5 Å². The third-order valence-corrected chi connectivity index (χ3v) is 6.55. The molecule has 0 aliphatic heterocycles. The first-order valence-corrected chi connectivity index (χ1v) is 13.2. The van der Waals surface area contributed by atoms with Crippen LogP contribution < -0.4 is 9.47 Å². The Bertz CT molecular complexity index is 1210. The van der Waals surface area contributed by atoms with E-state index in [2.05, 4.69) is 13.8 Å². The highest BCUT2D eigenvalue weighted by Gasteiger charge is 2.23. The molecule has 0 unspecified atom stereocenters. The van der Waals surface area contributed by atoms with Gasteiger partial charge in [0.15, 0.2) is 11.5 Å². The highest BCUT2D eigenvalue weighted by molar-refractivity contribution is 6.30. The Morgan fingerprint density at radius 2 is 1.63 bits per heavy atom. The summed E-state index contributed by atoms with van der Waals surface area (Å²) in [5.41, 5.74) is 1.51. The fourth-order valence-electron chi connectivity index (χ4n) is 4.06. The van der Waals surface area contributed by atoms with Crippen molar-refractivity contribution in [1.29, 1.82) is 0 Å². The Labute approximate surface area is 230 Å². The van der Waals surface area contributed by atoms with Crippen LogP contribution in [0.3, 0.4) is 0 Å². The van der Waals surface area contributed by atoms with Gasteiger partial charge in [-0.2, -0.15) is 0 Å². The molecule has 0 fully saturated rings. The zero-order valence-corrected chi connectivity index (χ0v) is 23.6. The first-order valence-electron chi connectivity index (χ1n) is 12.8. The number of rotatable bonds is 13. The normalized spacial score (nSPS) is 10.9. The van der Waals surface area contributed by atoms with Crippen LogP contribution in [0.5, 0.6) is 11.5 Å². The van der Waals surface area contributed by atoms with E-state index in [9.17, 15) is 9.59 Å². The lowest BCUT2D eigenvalue weighted by atomic mass is 10.1. The van der Waals surface area contributed by atoms with Crippen molar-refractivity contribution in [1.82, 2.24) is 9.80 Å². The quantitative estimate of drug-likeness (QED) is 0.265. The molecule has 0 bridgehead atoms. The fourth-order valence-corrected chi connectivity index (χ4v) is 4.18. The minimum absolute atomic E-state index is 0.0280. The van der Waals surface area contributed by atoms with Gasteiger partial charge in [-0.05, 0) is 79.8 Å². The highest BCUT2D eigenvalue weighted by atomic mass is 35.5. The number of methoxy groups -OCH3 is 2. The molecule has 0 saturated heterocycles. The zero-order chi connectivity index (χ0) is 27.7. The van der Waals surface area contributed by atoms with E-state index in [4.69, 9.17) is 25.5 Å². The molecular formula is C30H37ClN2O5. The van der Waals surface area contributed by atoms with Gasteiger partial charge in [0.1, 0.15) is 18.1 Å². The summed E-state index contributed by atoms with van der Waals surface area (Å²) in [6.07, 6.45) is 1.39. The second-order valence-corrected chi connectivity index (χ2v) is 10.1. The number of aryl methyl sites for hydroxylation is 1. The van der Waals surface area contributed by atoms with E-state index in [0.29, 0.717) is 59.8 Å². The SMILES string of the molecule is COc1ccc(CCN(Cc2ccc(C)o2)C(=O)CN(CCC(C)C)C(=O)c2ccc(Cl)cc2)cc1OC. The number of furan rings is 1. The summed E-state index contributed by atoms with van der Waals surface area (Å²) in [7, 11) is 3.19. The maximum Gasteiger partial charge on any atom is 0.254 e. The van der Waals surface area contributed by atoms with Crippen LogP contribution >= 0.6 is 11.6 Å². The van der Waals surface area contributed by atoms with Crippen LogP contribution in [-0.4, -0.2) is 55.5 Å². The molecule has 0 aliphatic carbocycles. The molecule has 2 aromatic carbocycles. The van der Waals surface area contributed by atoms with Gasteiger partial charge >= 0.3 is 0 Å². The zero-order valence-electron chi connectivity index (χ0n) is 22.8. The van der Waals surface area contributed by atoms with Gasteiger partial charge in [0.05, 0.1) is 20.8 Å². The number of amides is 2. The van der Waals surface area contributed by atoms with Gasteiger partial charge in [0, 0.05) is 23.7 Å². The van der Waals surface area contributed by atoms with Crippen molar-refractivity contribution < 1.29 is 23.5 Å². The Kier molecular flexibility index (Phi) is 10.7. The molecule has 1 heterocycles. The molecule has 0 saturated carbocycles. The Balaban J connectivity index is 1.80. The summed E-state index contributed by atoms with van der Waals surface area (Å²) in [5.74, 6) is 2.81. The van der Waals surface area contributed by atoms with Crippen LogP contribution in [0, 0.1) is 12.8 Å². The summed E-state index contributed by atoms with van der Waals surface area (Å²) in [6, 6.07) is 16.2. The van der Waals surface area contributed by atoms with Crippen LogP contribution in [0.2, 0.25) is 5.02 Å². The Morgan fingerprint density at radius 3 is 2.24 bits per heavy atom. The van der Waals surface area contributed by atoms with Gasteiger partial charge in [-0.25, -0.2) is 0 Å². The minimum atomic E-state index is -0.190. The van der Waals surface area contributed by atoms with Crippen LogP contribution in [0.4, 0.5) is 0 Å². The number of carbonyl (C=O) groups is 2. The van der Waals surface area contributed by atoms with E-state index in [1.54, 1.807) is 48.3 Å². The molecule has 8 heteroatoms. The number of benzene rings is 2. The van der Waals surface area contributed by atoms with Gasteiger partial charge in [-0.15, -0.1) is 0 Å². The highest BCUT2D eigenvalue weighted by Crippen LogP contribution is 2.28. The second-order valence-electron chi connectivity index (χ2n) is 9.68. The van der Waals surface area contributed by atoms with Gasteiger partial charge in [0.2, 0.25) is 5.91 Å². The van der Waals surface area contributed by atoms with Crippen molar-refractivity contribution >= 4 is 23.4 Å². The maximum atomic E-state index is 13.7. The molecule has 3 rings (SSSR count). The van der Waals surface area contributed by atoms with Crippen molar-refractivity contribution in [2.75, 3.05) is 33.9 Å². The maximum absolute atomic E-state index is 13.7. The second kappa shape index (κ2) is 13.9. The summed E-state index contributed by atoms with van der Waals surface area (Å²) in [6.45, 7) is 7.28. The standard InChI is InChI=1S/C30H37ClN2O5/c1-21(2)14-16-33(30(35)24-8-10-25(31)11-9-24)20-29(34)32(19-26-12-6-22(3)38-26)17-15-23-7-13-27(36-4)28(18-23)37-5/h6-13,18,21H,14-17,19-20H2,1-5H3.